The Balaban J connectivity index is 0.00000242. The molecule has 7 heteroatoms. The van der Waals surface area contributed by atoms with Crippen LogP contribution in [-0.4, -0.2) is 78.6 Å². The van der Waals surface area contributed by atoms with Crippen molar-refractivity contribution in [1.29, 1.82) is 0 Å². The molecule has 1 saturated heterocycles. The standard InChI is InChI=1S/C16H26N2O3.2ClH/c1-14-4-2-3-5-16(14)21-13-15(20)12-18-8-6-17(7-9-18)10-11-19;;/h2-5,15,19-20H,6-13H2,1H3;2*1H. The van der Waals surface area contributed by atoms with Gasteiger partial charge in [0.05, 0.1) is 6.61 Å². The molecule has 1 fully saturated rings. The van der Waals surface area contributed by atoms with Crippen LogP contribution in [0.3, 0.4) is 0 Å². The molecule has 0 spiro atoms. The summed E-state index contributed by atoms with van der Waals surface area (Å²) in [4.78, 5) is 4.49. The van der Waals surface area contributed by atoms with E-state index in [0.717, 1.165) is 44.0 Å². The number of aryl methyl sites for hydroxylation is 1. The average molecular weight is 367 g/mol. The molecule has 0 saturated carbocycles. The quantitative estimate of drug-likeness (QED) is 0.758. The number of nitrogens with zero attached hydrogens (tertiary/aromatic N) is 2. The Morgan fingerprint density at radius 3 is 2.30 bits per heavy atom. The highest BCUT2D eigenvalue weighted by atomic mass is 35.5. The Kier molecular flexibility index (Phi) is 11.6. The van der Waals surface area contributed by atoms with Crippen molar-refractivity contribution in [2.75, 3.05) is 52.5 Å². The second-order valence-corrected chi connectivity index (χ2v) is 5.60. The molecule has 23 heavy (non-hydrogen) atoms. The minimum absolute atomic E-state index is 0. The molecule has 0 aliphatic carbocycles. The van der Waals surface area contributed by atoms with Gasteiger partial charge in [-0.25, -0.2) is 0 Å². The van der Waals surface area contributed by atoms with E-state index >= 15 is 0 Å². The fourth-order valence-electron chi connectivity index (χ4n) is 2.59. The Bertz CT molecular complexity index is 430. The average Bonchev–Trinajstić information content (AvgIpc) is 2.49. The van der Waals surface area contributed by atoms with E-state index in [9.17, 15) is 5.11 Å². The Labute approximate surface area is 151 Å². The molecule has 0 amide bonds. The molecular weight excluding hydrogens is 339 g/mol. The van der Waals surface area contributed by atoms with Gasteiger partial charge >= 0.3 is 0 Å². The lowest BCUT2D eigenvalue weighted by atomic mass is 10.2. The zero-order valence-electron chi connectivity index (χ0n) is 13.6. The van der Waals surface area contributed by atoms with Crippen molar-refractivity contribution < 1.29 is 14.9 Å². The molecule has 1 atom stereocenters. The molecular formula is C16H28Cl2N2O3. The Morgan fingerprint density at radius 2 is 1.70 bits per heavy atom. The minimum atomic E-state index is -0.478. The molecule has 2 rings (SSSR count). The van der Waals surface area contributed by atoms with Crippen LogP contribution in [0.15, 0.2) is 24.3 Å². The summed E-state index contributed by atoms with van der Waals surface area (Å²) in [6.07, 6.45) is -0.478. The van der Waals surface area contributed by atoms with Crippen LogP contribution in [0.25, 0.3) is 0 Å². The van der Waals surface area contributed by atoms with Gasteiger partial charge in [-0.15, -0.1) is 24.8 Å². The van der Waals surface area contributed by atoms with Crippen LogP contribution >= 0.6 is 24.8 Å². The van der Waals surface area contributed by atoms with Gasteiger partial charge in [0.25, 0.3) is 0 Å². The van der Waals surface area contributed by atoms with Gasteiger partial charge < -0.3 is 14.9 Å². The second kappa shape index (κ2) is 11.9. The molecule has 1 aromatic rings. The lowest BCUT2D eigenvalue weighted by Gasteiger charge is -2.35. The topological polar surface area (TPSA) is 56.2 Å². The maximum atomic E-state index is 10.1. The fraction of sp³-hybridized carbons (Fsp3) is 0.625. The van der Waals surface area contributed by atoms with Gasteiger partial charge in [-0.05, 0) is 18.6 Å². The molecule has 5 nitrogen and oxygen atoms in total. The van der Waals surface area contributed by atoms with Gasteiger partial charge in [-0.2, -0.15) is 0 Å². The Morgan fingerprint density at radius 1 is 1.09 bits per heavy atom. The van der Waals surface area contributed by atoms with Gasteiger partial charge in [0.2, 0.25) is 0 Å². The van der Waals surface area contributed by atoms with E-state index < -0.39 is 6.10 Å². The first kappa shape index (κ1) is 22.4. The molecule has 1 heterocycles. The van der Waals surface area contributed by atoms with E-state index in [1.54, 1.807) is 0 Å². The van der Waals surface area contributed by atoms with Crippen LogP contribution in [0.2, 0.25) is 0 Å². The molecule has 1 aromatic carbocycles. The van der Waals surface area contributed by atoms with Crippen molar-refractivity contribution in [1.82, 2.24) is 9.80 Å². The number of ether oxygens (including phenoxy) is 1. The highest BCUT2D eigenvalue weighted by molar-refractivity contribution is 5.85. The number of piperazine rings is 1. The first-order valence-corrected chi connectivity index (χ1v) is 7.61. The van der Waals surface area contributed by atoms with Gasteiger partial charge in [-0.1, -0.05) is 18.2 Å². The summed E-state index contributed by atoms with van der Waals surface area (Å²) in [5.74, 6) is 0.837. The summed E-state index contributed by atoms with van der Waals surface area (Å²) in [7, 11) is 0. The highest BCUT2D eigenvalue weighted by Crippen LogP contribution is 2.16. The van der Waals surface area contributed by atoms with E-state index in [0.29, 0.717) is 13.2 Å². The summed E-state index contributed by atoms with van der Waals surface area (Å²) in [5, 5.41) is 19.0. The number of halogens is 2. The second-order valence-electron chi connectivity index (χ2n) is 5.60. The maximum Gasteiger partial charge on any atom is 0.122 e. The monoisotopic (exact) mass is 366 g/mol. The number of aliphatic hydroxyl groups excluding tert-OH is 2. The zero-order valence-corrected chi connectivity index (χ0v) is 15.2. The fourth-order valence-corrected chi connectivity index (χ4v) is 2.59. The van der Waals surface area contributed by atoms with E-state index in [1.807, 2.05) is 31.2 Å². The van der Waals surface area contributed by atoms with Crippen LogP contribution in [0.1, 0.15) is 5.56 Å². The Hall–Kier alpha value is -0.560. The van der Waals surface area contributed by atoms with Gasteiger partial charge in [0, 0.05) is 39.3 Å². The van der Waals surface area contributed by atoms with Crippen molar-refractivity contribution in [2.45, 2.75) is 13.0 Å². The predicted octanol–water partition coefficient (Wildman–Crippen LogP) is 1.19. The van der Waals surface area contributed by atoms with Gasteiger partial charge in [0.15, 0.2) is 0 Å². The van der Waals surface area contributed by atoms with E-state index in [-0.39, 0.29) is 31.4 Å². The third-order valence-corrected chi connectivity index (χ3v) is 3.87. The van der Waals surface area contributed by atoms with Gasteiger partial charge in [0.1, 0.15) is 18.5 Å². The highest BCUT2D eigenvalue weighted by Gasteiger charge is 2.19. The van der Waals surface area contributed by atoms with E-state index in [4.69, 9.17) is 9.84 Å². The molecule has 1 unspecified atom stereocenters. The van der Waals surface area contributed by atoms with Crippen molar-refractivity contribution in [3.63, 3.8) is 0 Å². The molecule has 0 radical (unpaired) electrons. The molecule has 1 aliphatic heterocycles. The minimum Gasteiger partial charge on any atom is -0.491 e. The first-order chi connectivity index (χ1) is 10.2. The van der Waals surface area contributed by atoms with Crippen LogP contribution in [0.4, 0.5) is 0 Å². The maximum absolute atomic E-state index is 10.1. The number of β-amino-alcohol motifs (C(OH)–C–C–N with tert-alkyl or cyclic N) is 2. The van der Waals surface area contributed by atoms with Crippen molar-refractivity contribution in [3.8, 4) is 5.75 Å². The summed E-state index contributed by atoms with van der Waals surface area (Å²) in [6, 6.07) is 7.84. The normalized spacial score (nSPS) is 17.0. The lowest BCUT2D eigenvalue weighted by Crippen LogP contribution is -2.49. The smallest absolute Gasteiger partial charge is 0.122 e. The predicted molar refractivity (Wildman–Crippen MR) is 97.1 cm³/mol. The van der Waals surface area contributed by atoms with Crippen molar-refractivity contribution in [3.05, 3.63) is 29.8 Å². The van der Waals surface area contributed by atoms with Crippen LogP contribution in [0, 0.1) is 6.92 Å². The number of hydrogen-bond acceptors (Lipinski definition) is 5. The van der Waals surface area contributed by atoms with Crippen molar-refractivity contribution >= 4 is 24.8 Å². The van der Waals surface area contributed by atoms with Crippen LogP contribution in [0.5, 0.6) is 5.75 Å². The summed E-state index contributed by atoms with van der Waals surface area (Å²) >= 11 is 0. The number of para-hydroxylation sites is 1. The number of hydrogen-bond donors (Lipinski definition) is 2. The first-order valence-electron chi connectivity index (χ1n) is 7.61. The zero-order chi connectivity index (χ0) is 15.1. The molecule has 2 N–H and O–H groups in total. The van der Waals surface area contributed by atoms with E-state index in [1.165, 1.54) is 0 Å². The molecule has 1 aliphatic rings. The molecule has 134 valence electrons. The molecule has 0 aromatic heterocycles. The summed E-state index contributed by atoms with van der Waals surface area (Å²) in [6.45, 7) is 7.68. The van der Waals surface area contributed by atoms with Crippen molar-refractivity contribution in [2.24, 2.45) is 0 Å². The lowest BCUT2D eigenvalue weighted by molar-refractivity contribution is 0.0427. The van der Waals surface area contributed by atoms with Crippen LogP contribution < -0.4 is 4.74 Å². The number of aliphatic hydroxyl groups is 2. The SMILES string of the molecule is Cc1ccccc1OCC(O)CN1CCN(CCO)CC1.Cl.Cl. The summed E-state index contributed by atoms with van der Waals surface area (Å²) < 4.78 is 5.68. The number of rotatable bonds is 7. The third-order valence-electron chi connectivity index (χ3n) is 3.87. The largest absolute Gasteiger partial charge is 0.491 e. The summed E-state index contributed by atoms with van der Waals surface area (Å²) in [5.41, 5.74) is 1.09. The molecule has 0 bridgehead atoms. The van der Waals surface area contributed by atoms with Crippen LogP contribution in [-0.2, 0) is 0 Å². The number of benzene rings is 1. The van der Waals surface area contributed by atoms with E-state index in [2.05, 4.69) is 9.80 Å². The van der Waals surface area contributed by atoms with Gasteiger partial charge in [-0.3, -0.25) is 9.80 Å². The third kappa shape index (κ3) is 7.70.